The maximum Gasteiger partial charge on any atom is 0.00887 e. The predicted molar refractivity (Wildman–Crippen MR) is 55.6 cm³/mol. The van der Waals surface area contributed by atoms with Gasteiger partial charge >= 0.3 is 0 Å². The van der Waals surface area contributed by atoms with Crippen LogP contribution in [0, 0.1) is 30.1 Å². The highest BCUT2D eigenvalue weighted by Gasteiger charge is 2.20. The summed E-state index contributed by atoms with van der Waals surface area (Å²) in [5, 5.41) is 0. The van der Waals surface area contributed by atoms with Crippen molar-refractivity contribution in [2.75, 3.05) is 0 Å². The Morgan fingerprint density at radius 2 is 2.00 bits per heavy atom. The monoisotopic (exact) mass is 165 g/mol. The lowest BCUT2D eigenvalue weighted by molar-refractivity contribution is 0.247. The van der Waals surface area contributed by atoms with Gasteiger partial charge in [0.2, 0.25) is 0 Å². The first-order chi connectivity index (χ1) is 5.50. The van der Waals surface area contributed by atoms with Crippen LogP contribution in [0.1, 0.15) is 47.0 Å². The van der Waals surface area contributed by atoms with Crippen LogP contribution in [-0.2, 0) is 0 Å². The highest BCUT2D eigenvalue weighted by Crippen LogP contribution is 2.31. The first-order valence-electron chi connectivity index (χ1n) is 4.73. The Hall–Kier alpha value is -0.440. The molecular formula is C12H21. The van der Waals surface area contributed by atoms with E-state index in [1.165, 1.54) is 12.8 Å². The fraction of sp³-hybridized carbons (Fsp3) is 0.750. The molecular weight excluding hydrogens is 144 g/mol. The molecule has 0 heterocycles. The molecule has 1 atom stereocenters. The predicted octanol–water partition coefficient (Wildman–Crippen LogP) is 3.68. The van der Waals surface area contributed by atoms with Gasteiger partial charge in [0.1, 0.15) is 0 Å². The summed E-state index contributed by atoms with van der Waals surface area (Å²) < 4.78 is 0. The van der Waals surface area contributed by atoms with Gasteiger partial charge in [-0.1, -0.05) is 20.8 Å². The van der Waals surface area contributed by atoms with Gasteiger partial charge in [0, 0.05) is 6.42 Å². The van der Waals surface area contributed by atoms with Crippen molar-refractivity contribution in [1.82, 2.24) is 0 Å². The van der Waals surface area contributed by atoms with Gasteiger partial charge in [0.15, 0.2) is 0 Å². The molecule has 0 N–H and O–H groups in total. The summed E-state index contributed by atoms with van der Waals surface area (Å²) in [6, 6.07) is 0. The standard InChI is InChI=1S/C12H21/c1-6-7-8-9-10-12(4,5)11(2)3/h11H,2,8-10H2,1,3-5H3. The van der Waals surface area contributed by atoms with E-state index in [4.69, 9.17) is 0 Å². The van der Waals surface area contributed by atoms with Gasteiger partial charge in [0.25, 0.3) is 0 Å². The minimum absolute atomic E-state index is 0.370. The highest BCUT2D eigenvalue weighted by atomic mass is 14.3. The first kappa shape index (κ1) is 11.6. The molecule has 0 aromatic carbocycles. The lowest BCUT2D eigenvalue weighted by Gasteiger charge is -2.28. The second kappa shape index (κ2) is 5.25. The highest BCUT2D eigenvalue weighted by molar-refractivity contribution is 4.95. The van der Waals surface area contributed by atoms with Crippen LogP contribution in [-0.4, -0.2) is 0 Å². The third kappa shape index (κ3) is 4.44. The van der Waals surface area contributed by atoms with Crippen molar-refractivity contribution < 1.29 is 0 Å². The number of unbranched alkanes of at least 4 members (excludes halogenated alkanes) is 1. The number of hydrogen-bond acceptors (Lipinski definition) is 0. The first-order valence-corrected chi connectivity index (χ1v) is 4.73. The van der Waals surface area contributed by atoms with Crippen molar-refractivity contribution in [2.24, 2.45) is 11.3 Å². The lowest BCUT2D eigenvalue weighted by atomic mass is 9.77. The van der Waals surface area contributed by atoms with Crippen LogP contribution in [0.25, 0.3) is 0 Å². The maximum atomic E-state index is 4.07. The van der Waals surface area contributed by atoms with E-state index >= 15 is 0 Å². The molecule has 0 saturated heterocycles. The number of rotatable bonds is 4. The van der Waals surface area contributed by atoms with Crippen LogP contribution in [0.15, 0.2) is 0 Å². The van der Waals surface area contributed by atoms with Crippen molar-refractivity contribution in [3.05, 3.63) is 6.92 Å². The molecule has 0 aromatic rings. The van der Waals surface area contributed by atoms with Crippen LogP contribution in [0.5, 0.6) is 0 Å². The molecule has 0 spiro atoms. The van der Waals surface area contributed by atoms with E-state index in [1.54, 1.807) is 0 Å². The van der Waals surface area contributed by atoms with Crippen LogP contribution in [0.2, 0.25) is 0 Å². The van der Waals surface area contributed by atoms with Crippen LogP contribution >= 0.6 is 0 Å². The third-order valence-corrected chi connectivity index (χ3v) is 2.63. The second-order valence-electron chi connectivity index (χ2n) is 4.17. The summed E-state index contributed by atoms with van der Waals surface area (Å²) in [5.41, 5.74) is 0.370. The van der Waals surface area contributed by atoms with Gasteiger partial charge in [-0.05, 0) is 38.0 Å². The Kier molecular flexibility index (Phi) is 5.06. The lowest BCUT2D eigenvalue weighted by Crippen LogP contribution is -2.18. The Morgan fingerprint density at radius 3 is 2.42 bits per heavy atom. The zero-order valence-electron chi connectivity index (χ0n) is 8.91. The smallest absolute Gasteiger partial charge is 0.00887 e. The maximum absolute atomic E-state index is 4.07. The van der Waals surface area contributed by atoms with Gasteiger partial charge in [-0.15, -0.1) is 11.8 Å². The van der Waals surface area contributed by atoms with Crippen molar-refractivity contribution >= 4 is 0 Å². The molecule has 0 nitrogen and oxygen atoms in total. The molecule has 12 heavy (non-hydrogen) atoms. The van der Waals surface area contributed by atoms with Crippen molar-refractivity contribution in [3.8, 4) is 11.8 Å². The quantitative estimate of drug-likeness (QED) is 0.440. The fourth-order valence-corrected chi connectivity index (χ4v) is 1.00. The van der Waals surface area contributed by atoms with E-state index < -0.39 is 0 Å². The molecule has 0 bridgehead atoms. The Bertz CT molecular complexity index is 164. The van der Waals surface area contributed by atoms with Gasteiger partial charge in [-0.3, -0.25) is 0 Å². The second-order valence-corrected chi connectivity index (χ2v) is 4.17. The van der Waals surface area contributed by atoms with E-state index in [0.29, 0.717) is 11.3 Å². The Labute approximate surface area is 77.8 Å². The van der Waals surface area contributed by atoms with Crippen molar-refractivity contribution in [1.29, 1.82) is 0 Å². The van der Waals surface area contributed by atoms with Gasteiger partial charge in [-0.25, -0.2) is 0 Å². The summed E-state index contributed by atoms with van der Waals surface area (Å²) in [6.07, 6.45) is 3.46. The average Bonchev–Trinajstić information content (AvgIpc) is 1.98. The van der Waals surface area contributed by atoms with Gasteiger partial charge < -0.3 is 0 Å². The van der Waals surface area contributed by atoms with E-state index in [2.05, 4.69) is 39.5 Å². The molecule has 0 saturated carbocycles. The molecule has 0 aliphatic heterocycles. The molecule has 0 aliphatic carbocycles. The van der Waals surface area contributed by atoms with Crippen molar-refractivity contribution in [3.63, 3.8) is 0 Å². The topological polar surface area (TPSA) is 0 Å². The van der Waals surface area contributed by atoms with Crippen LogP contribution in [0.4, 0.5) is 0 Å². The van der Waals surface area contributed by atoms with E-state index in [-0.39, 0.29) is 0 Å². The van der Waals surface area contributed by atoms with E-state index in [1.807, 2.05) is 6.92 Å². The summed E-state index contributed by atoms with van der Waals surface area (Å²) in [5.74, 6) is 6.53. The minimum Gasteiger partial charge on any atom is -0.107 e. The summed E-state index contributed by atoms with van der Waals surface area (Å²) in [6.45, 7) is 12.7. The molecule has 0 aromatic heterocycles. The molecule has 0 amide bonds. The van der Waals surface area contributed by atoms with Crippen LogP contribution < -0.4 is 0 Å². The number of hydrogen-bond donors (Lipinski definition) is 0. The molecule has 0 heteroatoms. The summed E-state index contributed by atoms with van der Waals surface area (Å²) in [4.78, 5) is 0. The molecule has 0 aliphatic rings. The van der Waals surface area contributed by atoms with Gasteiger partial charge in [-0.2, -0.15) is 0 Å². The average molecular weight is 165 g/mol. The molecule has 69 valence electrons. The molecule has 1 radical (unpaired) electrons. The zero-order valence-corrected chi connectivity index (χ0v) is 8.91. The fourth-order valence-electron chi connectivity index (χ4n) is 1.00. The van der Waals surface area contributed by atoms with Gasteiger partial charge in [0.05, 0.1) is 0 Å². The van der Waals surface area contributed by atoms with Crippen molar-refractivity contribution in [2.45, 2.75) is 47.0 Å². The van der Waals surface area contributed by atoms with E-state index in [0.717, 1.165) is 6.42 Å². The minimum atomic E-state index is 0.370. The van der Waals surface area contributed by atoms with E-state index in [9.17, 15) is 0 Å². The molecule has 1 unspecified atom stereocenters. The Balaban J connectivity index is 3.66. The largest absolute Gasteiger partial charge is 0.107 e. The van der Waals surface area contributed by atoms with Crippen LogP contribution in [0.3, 0.4) is 0 Å². The molecule has 0 rings (SSSR count). The summed E-state index contributed by atoms with van der Waals surface area (Å²) in [7, 11) is 0. The molecule has 0 fully saturated rings. The normalized spacial score (nSPS) is 11.2. The Morgan fingerprint density at radius 1 is 1.42 bits per heavy atom. The third-order valence-electron chi connectivity index (χ3n) is 2.63. The summed E-state index contributed by atoms with van der Waals surface area (Å²) >= 11 is 0. The zero-order chi connectivity index (χ0) is 9.61. The SMILES string of the molecule is [CH2]C(C)C(C)(C)CCCC#CC.